The monoisotopic (exact) mass is 455 g/mol. The molecule has 0 saturated carbocycles. The number of carbonyl (C=O) groups excluding carboxylic acids is 2. The number of rotatable bonds is 5. The first-order chi connectivity index (χ1) is 15.3. The molecule has 0 aliphatic rings. The summed E-state index contributed by atoms with van der Waals surface area (Å²) in [6, 6.07) is 8.48. The second kappa shape index (κ2) is 8.51. The van der Waals surface area contributed by atoms with Crippen LogP contribution < -0.4 is 5.32 Å². The van der Waals surface area contributed by atoms with Gasteiger partial charge in [0.2, 0.25) is 0 Å². The van der Waals surface area contributed by atoms with Gasteiger partial charge in [0.15, 0.2) is 0 Å². The van der Waals surface area contributed by atoms with E-state index in [-0.39, 0.29) is 22.9 Å². The van der Waals surface area contributed by atoms with E-state index < -0.39 is 23.5 Å². The molecule has 164 valence electrons. The summed E-state index contributed by atoms with van der Waals surface area (Å²) in [7, 11) is 0. The van der Waals surface area contributed by atoms with Crippen molar-refractivity contribution in [3.8, 4) is 11.1 Å². The number of aryl methyl sites for hydroxylation is 2. The Morgan fingerprint density at radius 1 is 1.09 bits per heavy atom. The number of ether oxygens (including phenoxy) is 1. The van der Waals surface area contributed by atoms with Gasteiger partial charge in [-0.2, -0.15) is 0 Å². The Morgan fingerprint density at radius 3 is 2.47 bits per heavy atom. The molecular formula is C23H19F2N3O3S. The highest BCUT2D eigenvalue weighted by atomic mass is 32.1. The van der Waals surface area contributed by atoms with Gasteiger partial charge >= 0.3 is 5.97 Å². The van der Waals surface area contributed by atoms with Crippen LogP contribution in [0.25, 0.3) is 16.8 Å². The summed E-state index contributed by atoms with van der Waals surface area (Å²) < 4.78 is 33.8. The second-order valence-electron chi connectivity index (χ2n) is 7.04. The predicted molar refractivity (Wildman–Crippen MR) is 118 cm³/mol. The molecule has 4 aromatic rings. The lowest BCUT2D eigenvalue weighted by Gasteiger charge is -2.09. The number of pyridine rings is 1. The van der Waals surface area contributed by atoms with Gasteiger partial charge < -0.3 is 10.1 Å². The van der Waals surface area contributed by atoms with Crippen molar-refractivity contribution < 1.29 is 23.1 Å². The number of nitrogens with one attached hydrogen (secondary N) is 1. The Balaban J connectivity index is 1.80. The van der Waals surface area contributed by atoms with Crippen molar-refractivity contribution in [1.82, 2.24) is 9.38 Å². The van der Waals surface area contributed by atoms with Crippen LogP contribution in [0, 0.1) is 25.5 Å². The maximum absolute atomic E-state index is 13.8. The molecule has 0 saturated heterocycles. The van der Waals surface area contributed by atoms with E-state index in [1.807, 2.05) is 0 Å². The highest BCUT2D eigenvalue weighted by Crippen LogP contribution is 2.40. The minimum absolute atomic E-state index is 0.148. The number of imidazole rings is 1. The number of hydrogen-bond acceptors (Lipinski definition) is 5. The fourth-order valence-corrected chi connectivity index (χ4v) is 4.63. The Morgan fingerprint density at radius 2 is 1.78 bits per heavy atom. The molecule has 32 heavy (non-hydrogen) atoms. The number of amides is 1. The number of anilines is 1. The number of fused-ring (bicyclic) bond motifs is 1. The van der Waals surface area contributed by atoms with Crippen LogP contribution in [0.15, 0.2) is 42.6 Å². The van der Waals surface area contributed by atoms with Crippen molar-refractivity contribution in [2.45, 2.75) is 20.8 Å². The van der Waals surface area contributed by atoms with E-state index in [2.05, 4.69) is 10.3 Å². The largest absolute Gasteiger partial charge is 0.462 e. The summed E-state index contributed by atoms with van der Waals surface area (Å²) in [5.74, 6) is -2.06. The standard InChI is InChI=1S/C23H19F2N3O3S/c1-4-31-23(30)19-18(14-5-7-15(24)8-6-14)13(3)32-22(19)27-21(29)20-12(2)26-17-10-9-16(25)11-28(17)20/h5-11H,4H2,1-3H3,(H,27,29). The van der Waals surface area contributed by atoms with Crippen molar-refractivity contribution in [3.05, 3.63) is 76.1 Å². The third kappa shape index (κ3) is 3.87. The summed E-state index contributed by atoms with van der Waals surface area (Å²) in [5, 5.41) is 3.06. The van der Waals surface area contributed by atoms with Gasteiger partial charge in [-0.05, 0) is 50.6 Å². The van der Waals surface area contributed by atoms with Gasteiger partial charge in [0.25, 0.3) is 5.91 Å². The SMILES string of the molecule is CCOC(=O)c1c(NC(=O)c2c(C)nc3ccc(F)cn23)sc(C)c1-c1ccc(F)cc1. The number of benzene rings is 1. The number of esters is 1. The Hall–Kier alpha value is -3.59. The maximum Gasteiger partial charge on any atom is 0.341 e. The van der Waals surface area contributed by atoms with Crippen LogP contribution in [-0.2, 0) is 4.74 Å². The summed E-state index contributed by atoms with van der Waals surface area (Å²) in [6.07, 6.45) is 1.18. The van der Waals surface area contributed by atoms with E-state index in [1.54, 1.807) is 32.9 Å². The van der Waals surface area contributed by atoms with E-state index in [9.17, 15) is 18.4 Å². The molecule has 0 spiro atoms. The van der Waals surface area contributed by atoms with Gasteiger partial charge in [-0.1, -0.05) is 12.1 Å². The lowest BCUT2D eigenvalue weighted by atomic mass is 10.0. The minimum Gasteiger partial charge on any atom is -0.462 e. The van der Waals surface area contributed by atoms with E-state index in [4.69, 9.17) is 4.74 Å². The van der Waals surface area contributed by atoms with E-state index in [0.717, 1.165) is 4.88 Å². The zero-order chi connectivity index (χ0) is 23.0. The Labute approximate surface area is 186 Å². The lowest BCUT2D eigenvalue weighted by molar-refractivity contribution is 0.0529. The molecule has 4 rings (SSSR count). The van der Waals surface area contributed by atoms with Gasteiger partial charge in [0.1, 0.15) is 33.5 Å². The number of nitrogens with zero attached hydrogens (tertiary/aromatic N) is 2. The molecule has 1 amide bonds. The fourth-order valence-electron chi connectivity index (χ4n) is 3.57. The molecule has 0 aliphatic heterocycles. The summed E-state index contributed by atoms with van der Waals surface area (Å²) in [4.78, 5) is 31.0. The number of aromatic nitrogens is 2. The van der Waals surface area contributed by atoms with Gasteiger partial charge in [-0.15, -0.1) is 11.3 Å². The van der Waals surface area contributed by atoms with Crippen LogP contribution in [-0.4, -0.2) is 27.9 Å². The quantitative estimate of drug-likeness (QED) is 0.410. The molecule has 0 unspecified atom stereocenters. The molecule has 1 N–H and O–H groups in total. The van der Waals surface area contributed by atoms with E-state index in [1.165, 1.54) is 46.2 Å². The van der Waals surface area contributed by atoms with Crippen molar-refractivity contribution in [2.75, 3.05) is 11.9 Å². The zero-order valence-corrected chi connectivity index (χ0v) is 18.3. The van der Waals surface area contributed by atoms with Crippen molar-refractivity contribution in [1.29, 1.82) is 0 Å². The molecule has 0 radical (unpaired) electrons. The number of halogens is 2. The molecule has 0 atom stereocenters. The first kappa shape index (κ1) is 21.6. The average molecular weight is 455 g/mol. The predicted octanol–water partition coefficient (Wildman–Crippen LogP) is 5.39. The fraction of sp³-hybridized carbons (Fsp3) is 0.174. The minimum atomic E-state index is -0.604. The highest BCUT2D eigenvalue weighted by molar-refractivity contribution is 7.17. The maximum atomic E-state index is 13.8. The first-order valence-electron chi connectivity index (χ1n) is 9.82. The number of carbonyl (C=O) groups is 2. The number of thiophene rings is 1. The van der Waals surface area contributed by atoms with Crippen LogP contribution >= 0.6 is 11.3 Å². The van der Waals surface area contributed by atoms with Gasteiger partial charge in [-0.3, -0.25) is 9.20 Å². The Kier molecular flexibility index (Phi) is 5.75. The zero-order valence-electron chi connectivity index (χ0n) is 17.5. The van der Waals surface area contributed by atoms with Crippen molar-refractivity contribution in [2.24, 2.45) is 0 Å². The summed E-state index contributed by atoms with van der Waals surface area (Å²) in [6.45, 7) is 5.28. The normalized spacial score (nSPS) is 11.0. The van der Waals surface area contributed by atoms with Gasteiger partial charge in [0.05, 0.1) is 12.3 Å². The van der Waals surface area contributed by atoms with E-state index in [0.29, 0.717) is 22.5 Å². The van der Waals surface area contributed by atoms with Crippen LogP contribution in [0.4, 0.5) is 13.8 Å². The topological polar surface area (TPSA) is 72.7 Å². The van der Waals surface area contributed by atoms with Crippen LogP contribution in [0.5, 0.6) is 0 Å². The molecule has 0 bridgehead atoms. The summed E-state index contributed by atoms with van der Waals surface area (Å²) >= 11 is 1.20. The van der Waals surface area contributed by atoms with Gasteiger partial charge in [-0.25, -0.2) is 18.6 Å². The van der Waals surface area contributed by atoms with Crippen LogP contribution in [0.1, 0.15) is 38.3 Å². The molecule has 9 heteroatoms. The van der Waals surface area contributed by atoms with Crippen LogP contribution in [0.3, 0.4) is 0 Å². The first-order valence-corrected chi connectivity index (χ1v) is 10.6. The lowest BCUT2D eigenvalue weighted by Crippen LogP contribution is -2.17. The van der Waals surface area contributed by atoms with E-state index >= 15 is 0 Å². The van der Waals surface area contributed by atoms with Crippen molar-refractivity contribution >= 4 is 33.9 Å². The molecule has 0 fully saturated rings. The third-order valence-corrected chi connectivity index (χ3v) is 5.92. The molecular weight excluding hydrogens is 436 g/mol. The van der Waals surface area contributed by atoms with Gasteiger partial charge in [0, 0.05) is 16.6 Å². The van der Waals surface area contributed by atoms with Crippen LogP contribution in [0.2, 0.25) is 0 Å². The third-order valence-electron chi connectivity index (χ3n) is 4.90. The second-order valence-corrected chi connectivity index (χ2v) is 8.26. The Bertz CT molecular complexity index is 1340. The number of hydrogen-bond donors (Lipinski definition) is 1. The molecule has 3 aromatic heterocycles. The average Bonchev–Trinajstić information content (AvgIpc) is 3.24. The molecule has 3 heterocycles. The van der Waals surface area contributed by atoms with Crippen molar-refractivity contribution in [3.63, 3.8) is 0 Å². The summed E-state index contributed by atoms with van der Waals surface area (Å²) in [5.41, 5.74) is 2.36. The molecule has 1 aromatic carbocycles. The molecule has 6 nitrogen and oxygen atoms in total. The molecule has 0 aliphatic carbocycles. The smallest absolute Gasteiger partial charge is 0.341 e. The highest BCUT2D eigenvalue weighted by Gasteiger charge is 2.27.